The van der Waals surface area contributed by atoms with Crippen LogP contribution in [0.5, 0.6) is 0 Å². The summed E-state index contributed by atoms with van der Waals surface area (Å²) >= 11 is 3.90. The molecule has 0 unspecified atom stereocenters. The van der Waals surface area contributed by atoms with Gasteiger partial charge in [0.2, 0.25) is 0 Å². The van der Waals surface area contributed by atoms with Crippen LogP contribution in [-0.4, -0.2) is 11.5 Å². The topological polar surface area (TPSA) is 0 Å². The van der Waals surface area contributed by atoms with Crippen molar-refractivity contribution < 1.29 is 0 Å². The van der Waals surface area contributed by atoms with Gasteiger partial charge in [-0.05, 0) is 41.6 Å². The van der Waals surface area contributed by atoms with Crippen LogP contribution < -0.4 is 0 Å². The van der Waals surface area contributed by atoms with Crippen LogP contribution >= 0.6 is 23.5 Å². The normalized spacial score (nSPS) is 12.1. The predicted molar refractivity (Wildman–Crippen MR) is 59.3 cm³/mol. The summed E-state index contributed by atoms with van der Waals surface area (Å²) in [5.41, 5.74) is 0. The molecule has 0 spiro atoms. The first kappa shape index (κ1) is 11.4. The summed E-state index contributed by atoms with van der Waals surface area (Å²) in [5, 5.41) is 2.28. The summed E-state index contributed by atoms with van der Waals surface area (Å²) in [6.45, 7) is 6.64. The lowest BCUT2D eigenvalue weighted by molar-refractivity contribution is 1.11. The lowest BCUT2D eigenvalue weighted by Crippen LogP contribution is -1.74. The fraction of sp³-hybridized carbons (Fsp3) is 0.778. The number of thioether (sulfide) groups is 2. The molecule has 0 fully saturated rings. The van der Waals surface area contributed by atoms with Gasteiger partial charge in [0.15, 0.2) is 0 Å². The van der Waals surface area contributed by atoms with Crippen LogP contribution in [0.3, 0.4) is 0 Å². The third kappa shape index (κ3) is 8.35. The second kappa shape index (κ2) is 8.54. The van der Waals surface area contributed by atoms with Crippen LogP contribution in [0, 0.1) is 0 Å². The number of rotatable bonds is 6. The Balaban J connectivity index is 3.30. The molecule has 2 heteroatoms. The lowest BCUT2D eigenvalue weighted by atomic mass is 10.6. The zero-order valence-electron chi connectivity index (χ0n) is 7.72. The van der Waals surface area contributed by atoms with Crippen LogP contribution in [-0.2, 0) is 0 Å². The molecule has 0 heterocycles. The molecule has 66 valence electrons. The molecule has 0 aliphatic carbocycles. The fourth-order valence-corrected chi connectivity index (χ4v) is 2.18. The molecule has 0 saturated heterocycles. The summed E-state index contributed by atoms with van der Waals surface area (Å²) in [7, 11) is 0. The van der Waals surface area contributed by atoms with Crippen molar-refractivity contribution in [2.75, 3.05) is 11.5 Å². The molecule has 0 rings (SSSR count). The van der Waals surface area contributed by atoms with Gasteiger partial charge in [-0.15, -0.1) is 23.5 Å². The van der Waals surface area contributed by atoms with Gasteiger partial charge in [-0.1, -0.05) is 13.8 Å². The van der Waals surface area contributed by atoms with Gasteiger partial charge in [0.25, 0.3) is 0 Å². The largest absolute Gasteiger partial charge is 0.133 e. The van der Waals surface area contributed by atoms with Crippen molar-refractivity contribution in [2.45, 2.75) is 33.6 Å². The smallest absolute Gasteiger partial charge is 0.00258 e. The second-order valence-electron chi connectivity index (χ2n) is 2.45. The molecule has 0 saturated carbocycles. The third-order valence-electron chi connectivity index (χ3n) is 1.11. The Kier molecular flexibility index (Phi) is 8.88. The van der Waals surface area contributed by atoms with E-state index in [4.69, 9.17) is 0 Å². The predicted octanol–water partition coefficient (Wildman–Crippen LogP) is 4.13. The van der Waals surface area contributed by atoms with Gasteiger partial charge in [-0.3, -0.25) is 0 Å². The van der Waals surface area contributed by atoms with Crippen LogP contribution in [0.15, 0.2) is 10.3 Å². The monoisotopic (exact) mass is 190 g/mol. The first-order chi connectivity index (χ1) is 5.31. The van der Waals surface area contributed by atoms with Crippen molar-refractivity contribution in [1.82, 2.24) is 0 Å². The van der Waals surface area contributed by atoms with Crippen molar-refractivity contribution in [3.8, 4) is 0 Å². The van der Waals surface area contributed by atoms with E-state index >= 15 is 0 Å². The fourth-order valence-electron chi connectivity index (χ4n) is 0.591. The molecule has 0 aliphatic rings. The minimum Gasteiger partial charge on any atom is -0.133 e. The van der Waals surface area contributed by atoms with Gasteiger partial charge in [0.1, 0.15) is 0 Å². The maximum absolute atomic E-state index is 2.28. The highest BCUT2D eigenvalue weighted by atomic mass is 32.2. The van der Waals surface area contributed by atoms with Crippen LogP contribution in [0.4, 0.5) is 0 Å². The SMILES string of the molecule is CCCS/C=C(/C)SCCC. The Morgan fingerprint density at radius 2 is 1.82 bits per heavy atom. The van der Waals surface area contributed by atoms with E-state index in [1.807, 2.05) is 23.5 Å². The molecular formula is C9H18S2. The van der Waals surface area contributed by atoms with Crippen molar-refractivity contribution >= 4 is 23.5 Å². The van der Waals surface area contributed by atoms with Gasteiger partial charge in [0.05, 0.1) is 0 Å². The van der Waals surface area contributed by atoms with E-state index in [2.05, 4.69) is 26.2 Å². The number of allylic oxidation sites excluding steroid dienone is 1. The minimum atomic E-state index is 1.25. The van der Waals surface area contributed by atoms with E-state index < -0.39 is 0 Å². The molecule has 0 atom stereocenters. The molecule has 0 aromatic rings. The average molecular weight is 190 g/mol. The number of hydrogen-bond donors (Lipinski definition) is 0. The zero-order chi connectivity index (χ0) is 8.53. The molecular weight excluding hydrogens is 172 g/mol. The van der Waals surface area contributed by atoms with E-state index in [1.54, 1.807) is 0 Å². The molecule has 0 N–H and O–H groups in total. The summed E-state index contributed by atoms with van der Waals surface area (Å²) < 4.78 is 0. The van der Waals surface area contributed by atoms with Crippen molar-refractivity contribution in [3.05, 3.63) is 10.3 Å². The molecule has 11 heavy (non-hydrogen) atoms. The number of hydrogen-bond acceptors (Lipinski definition) is 2. The summed E-state index contributed by atoms with van der Waals surface area (Å²) in [6.07, 6.45) is 2.54. The van der Waals surface area contributed by atoms with Crippen LogP contribution in [0.1, 0.15) is 33.6 Å². The summed E-state index contributed by atoms with van der Waals surface area (Å²) in [4.78, 5) is 1.46. The van der Waals surface area contributed by atoms with E-state index in [0.29, 0.717) is 0 Å². The van der Waals surface area contributed by atoms with E-state index in [0.717, 1.165) is 0 Å². The minimum absolute atomic E-state index is 1.25. The average Bonchev–Trinajstić information content (AvgIpc) is 2.01. The van der Waals surface area contributed by atoms with Gasteiger partial charge >= 0.3 is 0 Å². The highest BCUT2D eigenvalue weighted by molar-refractivity contribution is 8.06. The highest BCUT2D eigenvalue weighted by Gasteiger charge is 1.88. The second-order valence-corrected chi connectivity index (χ2v) is 4.77. The van der Waals surface area contributed by atoms with E-state index in [1.165, 1.54) is 29.3 Å². The van der Waals surface area contributed by atoms with Gasteiger partial charge in [-0.2, -0.15) is 0 Å². The highest BCUT2D eigenvalue weighted by Crippen LogP contribution is 2.19. The van der Waals surface area contributed by atoms with Crippen molar-refractivity contribution in [2.24, 2.45) is 0 Å². The van der Waals surface area contributed by atoms with Crippen LogP contribution in [0.2, 0.25) is 0 Å². The molecule has 0 aromatic carbocycles. The Morgan fingerprint density at radius 3 is 2.36 bits per heavy atom. The zero-order valence-corrected chi connectivity index (χ0v) is 9.36. The van der Waals surface area contributed by atoms with E-state index in [-0.39, 0.29) is 0 Å². The Labute approximate surface area is 79.2 Å². The molecule has 0 radical (unpaired) electrons. The van der Waals surface area contributed by atoms with Gasteiger partial charge in [-0.25, -0.2) is 0 Å². The third-order valence-corrected chi connectivity index (χ3v) is 3.60. The van der Waals surface area contributed by atoms with E-state index in [9.17, 15) is 0 Å². The molecule has 0 aliphatic heterocycles. The van der Waals surface area contributed by atoms with Crippen LogP contribution in [0.25, 0.3) is 0 Å². The Hall–Kier alpha value is 0.440. The molecule has 0 bridgehead atoms. The lowest BCUT2D eigenvalue weighted by Gasteiger charge is -1.97. The Bertz CT molecular complexity index is 108. The van der Waals surface area contributed by atoms with Gasteiger partial charge < -0.3 is 0 Å². The first-order valence-corrected chi connectivity index (χ1v) is 6.25. The van der Waals surface area contributed by atoms with Crippen molar-refractivity contribution in [3.63, 3.8) is 0 Å². The maximum atomic E-state index is 2.28. The summed E-state index contributed by atoms with van der Waals surface area (Å²) in [6, 6.07) is 0. The maximum Gasteiger partial charge on any atom is -0.00258 e. The quantitative estimate of drug-likeness (QED) is 0.577. The Morgan fingerprint density at radius 1 is 1.18 bits per heavy atom. The summed E-state index contributed by atoms with van der Waals surface area (Å²) in [5.74, 6) is 2.51. The molecule has 0 nitrogen and oxygen atoms in total. The molecule has 0 aromatic heterocycles. The molecule has 0 amide bonds. The first-order valence-electron chi connectivity index (χ1n) is 4.22. The van der Waals surface area contributed by atoms with Crippen molar-refractivity contribution in [1.29, 1.82) is 0 Å². The van der Waals surface area contributed by atoms with Gasteiger partial charge in [0, 0.05) is 0 Å². The standard InChI is InChI=1S/C9H18S2/c1-4-6-10-8-9(3)11-7-5-2/h8H,4-7H2,1-3H3/b9-8-.